The minimum Gasteiger partial charge on any atom is -0.0853 e. The van der Waals surface area contributed by atoms with E-state index in [0.717, 1.165) is 58.1 Å². The van der Waals surface area contributed by atoms with Gasteiger partial charge in [0.1, 0.15) is 0 Å². The van der Waals surface area contributed by atoms with E-state index in [4.69, 9.17) is 0 Å². The fourth-order valence-electron chi connectivity index (χ4n) is 2.98. The molecule has 0 amide bonds. The van der Waals surface area contributed by atoms with E-state index >= 15 is 0 Å². The normalized spacial score (nSPS) is 13.5. The first-order valence-corrected chi connectivity index (χ1v) is 14.0. The Labute approximate surface area is 219 Å². The molecule has 170 valence electrons. The molecule has 4 heteroatoms. The topological polar surface area (TPSA) is 0 Å². The minimum atomic E-state index is 1.05. The lowest BCUT2D eigenvalue weighted by atomic mass is 10.0. The molecule has 0 aliphatic carbocycles. The average molecular weight is 670 g/mol. The highest BCUT2D eigenvalue weighted by atomic mass is 79.9. The Morgan fingerprint density at radius 2 is 0.633 bits per heavy atom. The molecular weight excluding hydrogens is 632 g/mol. The van der Waals surface area contributed by atoms with E-state index in [2.05, 4.69) is 128 Å². The fraction of sp³-hybridized carbons (Fsp3) is 0.538. The zero-order chi connectivity index (χ0) is 22.8. The van der Waals surface area contributed by atoms with Crippen LogP contribution in [0, 0.1) is 0 Å². The van der Waals surface area contributed by atoms with Gasteiger partial charge in [0.05, 0.1) is 6.78 Å². The van der Waals surface area contributed by atoms with Crippen molar-refractivity contribution in [2.45, 2.75) is 91.9 Å². The van der Waals surface area contributed by atoms with E-state index in [-0.39, 0.29) is 0 Å². The van der Waals surface area contributed by atoms with Crippen LogP contribution in [-0.2, 0) is 0 Å². The second-order valence-electron chi connectivity index (χ2n) is 7.92. The quantitative estimate of drug-likeness (QED) is 0.120. The summed E-state index contributed by atoms with van der Waals surface area (Å²) in [7, 11) is 0. The van der Waals surface area contributed by atoms with Crippen LogP contribution in [-0.4, -0.2) is 0 Å². The Kier molecular flexibility index (Phi) is 20.2. The fourth-order valence-corrected chi connectivity index (χ4v) is 3.89. The predicted molar refractivity (Wildman–Crippen MR) is 153 cm³/mol. The van der Waals surface area contributed by atoms with Crippen LogP contribution in [0.5, 0.6) is 0 Å². The molecule has 0 aliphatic heterocycles. The lowest BCUT2D eigenvalue weighted by Gasteiger charge is -2.02. The average Bonchev–Trinajstić information content (AvgIpc) is 2.64. The molecule has 0 unspecified atom stereocenters. The molecule has 0 aromatic carbocycles. The van der Waals surface area contributed by atoms with Crippen LogP contribution >= 0.6 is 63.7 Å². The van der Waals surface area contributed by atoms with Crippen molar-refractivity contribution in [3.8, 4) is 0 Å². The Morgan fingerprint density at radius 3 is 0.900 bits per heavy atom. The summed E-state index contributed by atoms with van der Waals surface area (Å²) in [6.45, 7) is 9.00. The van der Waals surface area contributed by atoms with E-state index in [9.17, 15) is 0 Å². The Morgan fingerprint density at radius 1 is 0.400 bits per heavy atom. The molecule has 0 N–H and O–H groups in total. The standard InChI is InChI=1S/C26H38Br4/c1-21(13-7-15-23(3)17-9-19-25(27)28)11-5-6-12-22(2)14-8-16-24(4)18-10-20-26(29)30/h11-12,15-16,19-20H,5-10,13-14,17-18H2,1-4H3/b21-11+,22-12+,23-15+,24-16+. The summed E-state index contributed by atoms with van der Waals surface area (Å²) in [4.78, 5) is 0. The smallest absolute Gasteiger partial charge is 0.0564 e. The number of hydrogen-bond donors (Lipinski definition) is 0. The summed E-state index contributed by atoms with van der Waals surface area (Å²) >= 11 is 13.6. The molecule has 0 saturated carbocycles. The van der Waals surface area contributed by atoms with Crippen LogP contribution in [0.4, 0.5) is 0 Å². The van der Waals surface area contributed by atoms with E-state index in [1.807, 2.05) is 0 Å². The van der Waals surface area contributed by atoms with Crippen molar-refractivity contribution in [2.75, 3.05) is 0 Å². The second kappa shape index (κ2) is 20.0. The van der Waals surface area contributed by atoms with Crippen LogP contribution < -0.4 is 0 Å². The van der Waals surface area contributed by atoms with E-state index in [1.165, 1.54) is 35.1 Å². The minimum absolute atomic E-state index is 1.05. The van der Waals surface area contributed by atoms with Gasteiger partial charge >= 0.3 is 0 Å². The first-order chi connectivity index (χ1) is 14.2. The second-order valence-corrected chi connectivity index (χ2v) is 13.5. The van der Waals surface area contributed by atoms with Gasteiger partial charge in [-0.1, -0.05) is 58.7 Å². The largest absolute Gasteiger partial charge is 0.0853 e. The Balaban J connectivity index is 4.05. The third kappa shape index (κ3) is 21.6. The molecule has 0 saturated heterocycles. The molecule has 30 heavy (non-hydrogen) atoms. The molecule has 0 rings (SSSR count). The van der Waals surface area contributed by atoms with Gasteiger partial charge in [-0.2, -0.15) is 0 Å². The monoisotopic (exact) mass is 666 g/mol. The molecule has 0 aromatic rings. The van der Waals surface area contributed by atoms with Crippen LogP contribution in [0.25, 0.3) is 0 Å². The zero-order valence-corrected chi connectivity index (χ0v) is 25.4. The van der Waals surface area contributed by atoms with Crippen molar-refractivity contribution in [1.82, 2.24) is 0 Å². The highest BCUT2D eigenvalue weighted by Crippen LogP contribution is 2.18. The van der Waals surface area contributed by atoms with Crippen LogP contribution in [0.3, 0.4) is 0 Å². The van der Waals surface area contributed by atoms with Crippen LogP contribution in [0.15, 0.2) is 65.5 Å². The van der Waals surface area contributed by atoms with Crippen LogP contribution in [0.1, 0.15) is 91.9 Å². The summed E-state index contributed by atoms with van der Waals surface area (Å²) in [5.41, 5.74) is 5.98. The lowest BCUT2D eigenvalue weighted by Crippen LogP contribution is -1.82. The predicted octanol–water partition coefficient (Wildman–Crippen LogP) is 11.9. The molecule has 0 radical (unpaired) electrons. The van der Waals surface area contributed by atoms with Gasteiger partial charge in [-0.15, -0.1) is 0 Å². The van der Waals surface area contributed by atoms with Gasteiger partial charge in [-0.25, -0.2) is 0 Å². The van der Waals surface area contributed by atoms with Crippen LogP contribution in [0.2, 0.25) is 0 Å². The van der Waals surface area contributed by atoms with Gasteiger partial charge in [0.25, 0.3) is 0 Å². The summed E-state index contributed by atoms with van der Waals surface area (Å²) in [6, 6.07) is 0. The maximum atomic E-state index is 3.40. The van der Waals surface area contributed by atoms with E-state index in [1.54, 1.807) is 0 Å². The Hall–Kier alpha value is 0.360. The first kappa shape index (κ1) is 30.4. The van der Waals surface area contributed by atoms with Crippen molar-refractivity contribution in [3.05, 3.63) is 65.5 Å². The number of halogens is 4. The number of allylic oxidation sites excluding steroid dienone is 10. The van der Waals surface area contributed by atoms with Crippen molar-refractivity contribution in [1.29, 1.82) is 0 Å². The Bertz CT molecular complexity index is 595. The molecule has 0 fully saturated rings. The summed E-state index contributed by atoms with van der Waals surface area (Å²) in [5, 5.41) is 0. The highest BCUT2D eigenvalue weighted by molar-refractivity contribution is 9.28. The van der Waals surface area contributed by atoms with Gasteiger partial charge in [0, 0.05) is 0 Å². The highest BCUT2D eigenvalue weighted by Gasteiger charge is 1.94. The maximum Gasteiger partial charge on any atom is 0.0564 e. The van der Waals surface area contributed by atoms with Crippen molar-refractivity contribution in [2.24, 2.45) is 0 Å². The van der Waals surface area contributed by atoms with Gasteiger partial charge in [0.15, 0.2) is 0 Å². The molecule has 0 aliphatic rings. The molecule has 0 heterocycles. The summed E-state index contributed by atoms with van der Waals surface area (Å²) in [5.74, 6) is 0. The van der Waals surface area contributed by atoms with Crippen molar-refractivity contribution >= 4 is 63.7 Å². The number of unbranched alkanes of at least 4 members (excludes halogenated alkanes) is 1. The first-order valence-electron chi connectivity index (χ1n) is 10.9. The van der Waals surface area contributed by atoms with Gasteiger partial charge in [-0.3, -0.25) is 0 Å². The number of hydrogen-bond acceptors (Lipinski definition) is 0. The molecule has 0 bridgehead atoms. The van der Waals surface area contributed by atoms with E-state index in [0.29, 0.717) is 0 Å². The number of rotatable bonds is 15. The SMILES string of the molecule is C/C(=C\CC/C(C)=C/CC/C=C(\C)CC/C=C(\C)CCC=C(Br)Br)CCC=C(Br)Br. The summed E-state index contributed by atoms with van der Waals surface area (Å²) in [6.07, 6.45) is 25.3. The zero-order valence-electron chi connectivity index (χ0n) is 19.0. The molecule has 0 nitrogen and oxygen atoms in total. The molecule has 0 spiro atoms. The van der Waals surface area contributed by atoms with Crippen molar-refractivity contribution in [3.63, 3.8) is 0 Å². The van der Waals surface area contributed by atoms with Gasteiger partial charge < -0.3 is 0 Å². The third-order valence-corrected chi connectivity index (χ3v) is 6.18. The van der Waals surface area contributed by atoms with E-state index < -0.39 is 0 Å². The van der Waals surface area contributed by atoms with Gasteiger partial charge in [-0.05, 0) is 156 Å². The maximum absolute atomic E-state index is 3.40. The lowest BCUT2D eigenvalue weighted by molar-refractivity contribution is 0.898. The summed E-state index contributed by atoms with van der Waals surface area (Å²) < 4.78 is 2.09. The van der Waals surface area contributed by atoms with Gasteiger partial charge in [0.2, 0.25) is 0 Å². The molecular formula is C26H38Br4. The molecule has 0 atom stereocenters. The third-order valence-electron chi connectivity index (χ3n) is 4.89. The van der Waals surface area contributed by atoms with Crippen molar-refractivity contribution < 1.29 is 0 Å². The molecule has 0 aromatic heterocycles.